The lowest BCUT2D eigenvalue weighted by Gasteiger charge is -2.29. The second-order valence-electron chi connectivity index (χ2n) is 8.32. The first-order valence-electron chi connectivity index (χ1n) is 11.0. The van der Waals surface area contributed by atoms with Gasteiger partial charge in [0.25, 0.3) is 12.0 Å². The molecule has 3 aromatic rings. The van der Waals surface area contributed by atoms with Gasteiger partial charge < -0.3 is 15.0 Å². The highest BCUT2D eigenvalue weighted by Gasteiger charge is 2.22. The highest BCUT2D eigenvalue weighted by atomic mass is 16.3. The van der Waals surface area contributed by atoms with Crippen molar-refractivity contribution in [1.29, 1.82) is 0 Å². The molecule has 168 valence electrons. The predicted molar refractivity (Wildman–Crippen MR) is 127 cm³/mol. The fourth-order valence-corrected chi connectivity index (χ4v) is 4.40. The van der Waals surface area contributed by atoms with Gasteiger partial charge in [0.2, 0.25) is 5.91 Å². The average Bonchev–Trinajstić information content (AvgIpc) is 2.81. The zero-order valence-corrected chi connectivity index (χ0v) is 18.6. The van der Waals surface area contributed by atoms with Crippen LogP contribution in [0.3, 0.4) is 0 Å². The van der Waals surface area contributed by atoms with E-state index in [0.717, 1.165) is 48.0 Å². The molecule has 6 heteroatoms. The third kappa shape index (κ3) is 5.25. The molecule has 0 bridgehead atoms. The first-order valence-corrected chi connectivity index (χ1v) is 11.0. The second kappa shape index (κ2) is 10.8. The number of hydrogen-bond acceptors (Lipinski definition) is 3. The van der Waals surface area contributed by atoms with Gasteiger partial charge in [-0.3, -0.25) is 14.4 Å². The van der Waals surface area contributed by atoms with Crippen molar-refractivity contribution in [1.82, 2.24) is 9.88 Å². The Bertz CT molecular complexity index is 1150. The van der Waals surface area contributed by atoms with E-state index in [9.17, 15) is 9.59 Å². The standard InChI is InChI=1S/C25H28N2O2.CH2O2/c1-17-8-4-5-9-20(17)23-16-26-24(28)22-15-19(10-11-21(22)23)14-18(2)25(29)27-12-6-3-7-13-27;2-1-3/h4-5,8-11,15-16,18H,3,6-7,12-14H2,1-2H3,(H,26,28);1H,(H,2,3). The van der Waals surface area contributed by atoms with Crippen LogP contribution in [0.5, 0.6) is 0 Å². The molecule has 6 nitrogen and oxygen atoms in total. The van der Waals surface area contributed by atoms with Gasteiger partial charge in [-0.15, -0.1) is 0 Å². The number of benzene rings is 2. The molecule has 0 saturated carbocycles. The zero-order valence-electron chi connectivity index (χ0n) is 18.6. The minimum Gasteiger partial charge on any atom is -0.483 e. The average molecular weight is 435 g/mol. The number of piperidine rings is 1. The molecule has 1 amide bonds. The number of nitrogens with one attached hydrogen (secondary N) is 1. The maximum Gasteiger partial charge on any atom is 0.290 e. The van der Waals surface area contributed by atoms with Gasteiger partial charge in [0, 0.05) is 36.2 Å². The maximum absolute atomic E-state index is 12.8. The summed E-state index contributed by atoms with van der Waals surface area (Å²) in [7, 11) is 0. The molecule has 0 radical (unpaired) electrons. The van der Waals surface area contributed by atoms with Crippen LogP contribution in [-0.4, -0.2) is 40.5 Å². The number of fused-ring (bicyclic) bond motifs is 1. The summed E-state index contributed by atoms with van der Waals surface area (Å²) in [5.74, 6) is 0.150. The van der Waals surface area contributed by atoms with E-state index in [1.165, 1.54) is 12.0 Å². The molecule has 1 aromatic heterocycles. The topological polar surface area (TPSA) is 90.5 Å². The van der Waals surface area contributed by atoms with Crippen LogP contribution in [0.2, 0.25) is 0 Å². The monoisotopic (exact) mass is 434 g/mol. The summed E-state index contributed by atoms with van der Waals surface area (Å²) in [4.78, 5) is 38.6. The van der Waals surface area contributed by atoms with Crippen LogP contribution in [-0.2, 0) is 16.0 Å². The maximum atomic E-state index is 12.8. The van der Waals surface area contributed by atoms with Crippen molar-refractivity contribution < 1.29 is 14.7 Å². The molecule has 0 aliphatic carbocycles. The lowest BCUT2D eigenvalue weighted by molar-refractivity contribution is -0.135. The van der Waals surface area contributed by atoms with Gasteiger partial charge in [-0.25, -0.2) is 0 Å². The van der Waals surface area contributed by atoms with Gasteiger partial charge in [-0.1, -0.05) is 43.3 Å². The second-order valence-corrected chi connectivity index (χ2v) is 8.32. The Balaban J connectivity index is 0.000000913. The molecule has 2 N–H and O–H groups in total. The van der Waals surface area contributed by atoms with E-state index in [1.807, 2.05) is 36.1 Å². The minimum absolute atomic E-state index is 0.0795. The predicted octanol–water partition coefficient (Wildman–Crippen LogP) is 4.40. The van der Waals surface area contributed by atoms with E-state index in [2.05, 4.69) is 30.1 Å². The number of rotatable bonds is 4. The number of pyridine rings is 1. The number of aryl methyl sites for hydroxylation is 1. The molecule has 4 rings (SSSR count). The van der Waals surface area contributed by atoms with Crippen LogP contribution in [0.15, 0.2) is 53.5 Å². The Hall–Kier alpha value is -3.41. The summed E-state index contributed by atoms with van der Waals surface area (Å²) in [6, 6.07) is 14.2. The zero-order chi connectivity index (χ0) is 23.1. The molecular weight excluding hydrogens is 404 g/mol. The van der Waals surface area contributed by atoms with Crippen LogP contribution in [0.25, 0.3) is 21.9 Å². The third-order valence-electron chi connectivity index (χ3n) is 6.03. The van der Waals surface area contributed by atoms with Gasteiger partial charge in [0.05, 0.1) is 0 Å². The third-order valence-corrected chi connectivity index (χ3v) is 6.03. The van der Waals surface area contributed by atoms with Gasteiger partial charge in [0.15, 0.2) is 0 Å². The summed E-state index contributed by atoms with van der Waals surface area (Å²) in [6.07, 6.45) is 5.88. The molecule has 2 aromatic carbocycles. The number of carbonyl (C=O) groups is 2. The molecule has 2 heterocycles. The van der Waals surface area contributed by atoms with E-state index in [0.29, 0.717) is 11.8 Å². The number of likely N-dealkylation sites (tertiary alicyclic amines) is 1. The molecule has 1 aliphatic heterocycles. The Morgan fingerprint density at radius 1 is 1.09 bits per heavy atom. The smallest absolute Gasteiger partial charge is 0.290 e. The highest BCUT2D eigenvalue weighted by Crippen LogP contribution is 2.29. The van der Waals surface area contributed by atoms with Gasteiger partial charge >= 0.3 is 0 Å². The van der Waals surface area contributed by atoms with Crippen molar-refractivity contribution in [2.75, 3.05) is 13.1 Å². The number of aromatic nitrogens is 1. The normalized spacial score (nSPS) is 14.4. The molecule has 32 heavy (non-hydrogen) atoms. The number of carbonyl (C=O) groups excluding carboxylic acids is 1. The summed E-state index contributed by atoms with van der Waals surface area (Å²) in [6.45, 7) is 5.57. The molecule has 1 aliphatic rings. The number of carboxylic acid groups (broad SMARTS) is 1. The fourth-order valence-electron chi connectivity index (χ4n) is 4.40. The lowest BCUT2D eigenvalue weighted by Crippen LogP contribution is -2.39. The lowest BCUT2D eigenvalue weighted by atomic mass is 9.93. The van der Waals surface area contributed by atoms with Crippen LogP contribution < -0.4 is 5.56 Å². The number of nitrogens with zero attached hydrogens (tertiary/aromatic N) is 1. The van der Waals surface area contributed by atoms with E-state index >= 15 is 0 Å². The highest BCUT2D eigenvalue weighted by molar-refractivity contribution is 5.96. The van der Waals surface area contributed by atoms with Crippen molar-refractivity contribution in [2.24, 2.45) is 5.92 Å². The van der Waals surface area contributed by atoms with Crippen LogP contribution in [0.4, 0.5) is 0 Å². The van der Waals surface area contributed by atoms with Crippen molar-refractivity contribution in [3.63, 3.8) is 0 Å². The number of aromatic amines is 1. The minimum atomic E-state index is -0.250. The molecule has 1 fully saturated rings. The largest absolute Gasteiger partial charge is 0.483 e. The molecule has 0 spiro atoms. The van der Waals surface area contributed by atoms with E-state index in [-0.39, 0.29) is 23.9 Å². The quantitative estimate of drug-likeness (QED) is 0.596. The van der Waals surface area contributed by atoms with Crippen LogP contribution in [0.1, 0.15) is 37.3 Å². The summed E-state index contributed by atoms with van der Waals surface area (Å²) in [5, 5.41) is 8.52. The molecule has 1 unspecified atom stereocenters. The van der Waals surface area contributed by atoms with Crippen LogP contribution >= 0.6 is 0 Å². The summed E-state index contributed by atoms with van der Waals surface area (Å²) in [5.41, 5.74) is 4.26. The van der Waals surface area contributed by atoms with E-state index in [4.69, 9.17) is 9.90 Å². The summed E-state index contributed by atoms with van der Waals surface area (Å²) < 4.78 is 0. The number of H-pyrrole nitrogens is 1. The van der Waals surface area contributed by atoms with Gasteiger partial charge in [-0.05, 0) is 60.7 Å². The summed E-state index contributed by atoms with van der Waals surface area (Å²) >= 11 is 0. The molecular formula is C26H30N2O4. The SMILES string of the molecule is Cc1ccccc1-c1c[nH]c(=O)c2cc(CC(C)C(=O)N3CCCCC3)ccc12.O=CO. The first-order chi connectivity index (χ1) is 15.5. The van der Waals surface area contributed by atoms with Crippen molar-refractivity contribution >= 4 is 23.2 Å². The fraction of sp³-hybridized carbons (Fsp3) is 0.346. The van der Waals surface area contributed by atoms with E-state index < -0.39 is 0 Å². The van der Waals surface area contributed by atoms with Gasteiger partial charge in [0.1, 0.15) is 0 Å². The Labute approximate surface area is 187 Å². The number of amides is 1. The van der Waals surface area contributed by atoms with Crippen LogP contribution in [0, 0.1) is 12.8 Å². The Kier molecular flexibility index (Phi) is 7.82. The Morgan fingerprint density at radius 2 is 1.78 bits per heavy atom. The molecule has 1 saturated heterocycles. The van der Waals surface area contributed by atoms with Crippen molar-refractivity contribution in [2.45, 2.75) is 39.5 Å². The van der Waals surface area contributed by atoms with Crippen molar-refractivity contribution in [3.8, 4) is 11.1 Å². The molecule has 1 atom stereocenters. The van der Waals surface area contributed by atoms with Crippen molar-refractivity contribution in [3.05, 3.63) is 70.1 Å². The first kappa shape index (κ1) is 23.3. The number of hydrogen-bond donors (Lipinski definition) is 2. The Morgan fingerprint density at radius 3 is 2.47 bits per heavy atom. The van der Waals surface area contributed by atoms with Gasteiger partial charge in [-0.2, -0.15) is 0 Å². The van der Waals surface area contributed by atoms with E-state index in [1.54, 1.807) is 6.20 Å².